The summed E-state index contributed by atoms with van der Waals surface area (Å²) in [6.07, 6.45) is -2.16. The van der Waals surface area contributed by atoms with E-state index in [4.69, 9.17) is 5.73 Å². The van der Waals surface area contributed by atoms with Gasteiger partial charge in [-0.25, -0.2) is 0 Å². The van der Waals surface area contributed by atoms with Crippen molar-refractivity contribution in [3.05, 3.63) is 108 Å². The second kappa shape index (κ2) is 8.45. The number of hydrogen-bond donors (Lipinski definition) is 1. The second-order valence-electron chi connectivity index (χ2n) is 10.7. The van der Waals surface area contributed by atoms with Gasteiger partial charge in [0.2, 0.25) is 0 Å². The summed E-state index contributed by atoms with van der Waals surface area (Å²) in [5.41, 5.74) is 9.94. The molecular formula is C34H28N2O2-2. The Kier molecular flexibility index (Phi) is 5.12. The lowest BCUT2D eigenvalue weighted by Gasteiger charge is -2.62. The average Bonchev–Trinajstić information content (AvgIpc) is 2.92. The lowest BCUT2D eigenvalue weighted by atomic mass is 9.60. The third-order valence-electron chi connectivity index (χ3n) is 8.44. The number of nitrogens with two attached hydrogens (primary N) is 1. The Balaban J connectivity index is 1.48. The van der Waals surface area contributed by atoms with E-state index in [0.29, 0.717) is 5.69 Å². The number of benzene rings is 6. The summed E-state index contributed by atoms with van der Waals surface area (Å²) in [6.45, 7) is 0. The number of hydrogen-bond acceptors (Lipinski definition) is 4. The number of anilines is 2. The standard InChI is InChI=1S/C34H28N2O2/c1-36(2)32-24-15-8-7-14-23(24)29(28-25(32)16-9-17-26(28)35)31-33(37)30(34(31)38)27-21-12-5-3-10-19(21)18-20-11-4-6-13-22(20)27/h3-18,30-31,33-34H,35H2,1-2H3/q-2. The molecule has 4 nitrogen and oxygen atoms in total. The molecule has 1 fully saturated rings. The van der Waals surface area contributed by atoms with Crippen molar-refractivity contribution in [3.8, 4) is 0 Å². The molecule has 6 aromatic carbocycles. The van der Waals surface area contributed by atoms with Gasteiger partial charge in [-0.1, -0.05) is 84.9 Å². The maximum absolute atomic E-state index is 14.3. The maximum atomic E-state index is 14.3. The third-order valence-corrected chi connectivity index (χ3v) is 8.44. The highest BCUT2D eigenvalue weighted by Gasteiger charge is 2.41. The summed E-state index contributed by atoms with van der Waals surface area (Å²) >= 11 is 0. The average molecular weight is 497 g/mol. The normalized spacial score (nSPS) is 21.3. The van der Waals surface area contributed by atoms with Gasteiger partial charge in [-0.3, -0.25) is 0 Å². The quantitative estimate of drug-likeness (QED) is 0.267. The summed E-state index contributed by atoms with van der Waals surface area (Å²) in [6, 6.07) is 32.3. The molecule has 0 bridgehead atoms. The summed E-state index contributed by atoms with van der Waals surface area (Å²) in [5, 5.41) is 36.5. The molecular weight excluding hydrogens is 468 g/mol. The van der Waals surface area contributed by atoms with Crippen LogP contribution in [0.3, 0.4) is 0 Å². The zero-order chi connectivity index (χ0) is 26.1. The Bertz CT molecular complexity index is 1810. The van der Waals surface area contributed by atoms with Crippen molar-refractivity contribution in [2.45, 2.75) is 24.0 Å². The predicted octanol–water partition coefficient (Wildman–Crippen LogP) is 5.29. The van der Waals surface area contributed by atoms with E-state index in [1.807, 2.05) is 86.9 Å². The van der Waals surface area contributed by atoms with Gasteiger partial charge in [-0.05, 0) is 62.0 Å². The second-order valence-corrected chi connectivity index (χ2v) is 10.7. The molecule has 0 aliphatic heterocycles. The van der Waals surface area contributed by atoms with Crippen LogP contribution in [0.25, 0.3) is 43.1 Å². The minimum Gasteiger partial charge on any atom is -0.851 e. The van der Waals surface area contributed by atoms with Gasteiger partial charge in [0.05, 0.1) is 5.69 Å². The van der Waals surface area contributed by atoms with E-state index in [1.165, 1.54) is 0 Å². The zero-order valence-electron chi connectivity index (χ0n) is 21.4. The van der Waals surface area contributed by atoms with Crippen LogP contribution in [0, 0.1) is 0 Å². The number of nitrogens with zero attached hydrogens (tertiary/aromatic N) is 1. The minimum absolute atomic E-state index is 0.602. The first-order valence-corrected chi connectivity index (χ1v) is 13.1. The molecule has 2 N–H and O–H groups in total. The predicted molar refractivity (Wildman–Crippen MR) is 155 cm³/mol. The molecule has 0 saturated heterocycles. The first-order chi connectivity index (χ1) is 18.5. The van der Waals surface area contributed by atoms with Crippen molar-refractivity contribution >= 4 is 54.5 Å². The molecule has 2 unspecified atom stereocenters. The zero-order valence-corrected chi connectivity index (χ0v) is 21.4. The molecule has 1 aliphatic rings. The molecule has 0 spiro atoms. The topological polar surface area (TPSA) is 75.4 Å². The molecule has 0 heterocycles. The van der Waals surface area contributed by atoms with Gasteiger partial charge in [0.25, 0.3) is 0 Å². The number of rotatable bonds is 3. The highest BCUT2D eigenvalue weighted by molar-refractivity contribution is 6.17. The van der Waals surface area contributed by atoms with Crippen LogP contribution in [0.15, 0.2) is 97.1 Å². The fourth-order valence-corrected chi connectivity index (χ4v) is 6.84. The third kappa shape index (κ3) is 3.11. The van der Waals surface area contributed by atoms with E-state index in [0.717, 1.165) is 59.9 Å². The molecule has 38 heavy (non-hydrogen) atoms. The largest absolute Gasteiger partial charge is 0.851 e. The summed E-state index contributed by atoms with van der Waals surface area (Å²) in [5.74, 6) is -1.32. The van der Waals surface area contributed by atoms with Crippen LogP contribution in [-0.2, 0) is 0 Å². The molecule has 0 amide bonds. The first-order valence-electron chi connectivity index (χ1n) is 13.1. The molecule has 4 heteroatoms. The van der Waals surface area contributed by atoms with Crippen molar-refractivity contribution < 1.29 is 10.2 Å². The van der Waals surface area contributed by atoms with Gasteiger partial charge in [0.15, 0.2) is 0 Å². The highest BCUT2D eigenvalue weighted by atomic mass is 16.3. The van der Waals surface area contributed by atoms with Crippen molar-refractivity contribution in [2.24, 2.45) is 0 Å². The number of nitrogen functional groups attached to an aromatic ring is 1. The molecule has 0 aromatic heterocycles. The van der Waals surface area contributed by atoms with E-state index < -0.39 is 24.0 Å². The van der Waals surface area contributed by atoms with Gasteiger partial charge in [0, 0.05) is 35.9 Å². The van der Waals surface area contributed by atoms with E-state index >= 15 is 0 Å². The van der Waals surface area contributed by atoms with E-state index in [1.54, 1.807) is 0 Å². The Morgan fingerprint density at radius 3 is 1.68 bits per heavy atom. The van der Waals surface area contributed by atoms with E-state index in [2.05, 4.69) is 29.2 Å². The van der Waals surface area contributed by atoms with Crippen LogP contribution >= 0.6 is 0 Å². The number of fused-ring (bicyclic) bond motifs is 4. The van der Waals surface area contributed by atoms with Crippen molar-refractivity contribution in [1.29, 1.82) is 0 Å². The maximum Gasteiger partial charge on any atom is 0.0521 e. The van der Waals surface area contributed by atoms with Crippen molar-refractivity contribution in [1.82, 2.24) is 0 Å². The van der Waals surface area contributed by atoms with Crippen LogP contribution in [0.5, 0.6) is 0 Å². The van der Waals surface area contributed by atoms with Crippen LogP contribution in [0.2, 0.25) is 0 Å². The fourth-order valence-electron chi connectivity index (χ4n) is 6.84. The van der Waals surface area contributed by atoms with Crippen LogP contribution in [0.4, 0.5) is 11.4 Å². The van der Waals surface area contributed by atoms with Gasteiger partial charge < -0.3 is 20.8 Å². The molecule has 7 rings (SSSR count). The Morgan fingerprint density at radius 2 is 1.08 bits per heavy atom. The highest BCUT2D eigenvalue weighted by Crippen LogP contribution is 2.54. The minimum atomic E-state index is -1.08. The Hall–Kier alpha value is -4.12. The SMILES string of the molecule is CN(C)c1c2ccccc2c(C2C([O-])C(c3c4ccccc4cc4ccccc34)C2[O-])c2c(N)cccc12. The van der Waals surface area contributed by atoms with E-state index in [-0.39, 0.29) is 0 Å². The van der Waals surface area contributed by atoms with Crippen LogP contribution in [-0.4, -0.2) is 26.3 Å². The summed E-state index contributed by atoms with van der Waals surface area (Å²) < 4.78 is 0. The molecule has 1 aliphatic carbocycles. The fraction of sp³-hybridized carbons (Fsp3) is 0.176. The van der Waals surface area contributed by atoms with Crippen molar-refractivity contribution in [2.75, 3.05) is 24.7 Å². The Morgan fingerprint density at radius 1 is 0.579 bits per heavy atom. The molecule has 0 radical (unpaired) electrons. The lowest BCUT2D eigenvalue weighted by molar-refractivity contribution is -0.535. The van der Waals surface area contributed by atoms with Gasteiger partial charge in [0.1, 0.15) is 0 Å². The molecule has 6 aromatic rings. The van der Waals surface area contributed by atoms with Gasteiger partial charge in [-0.2, -0.15) is 0 Å². The van der Waals surface area contributed by atoms with Gasteiger partial charge >= 0.3 is 0 Å². The first kappa shape index (κ1) is 23.0. The van der Waals surface area contributed by atoms with Crippen molar-refractivity contribution in [3.63, 3.8) is 0 Å². The smallest absolute Gasteiger partial charge is 0.0521 e. The summed E-state index contributed by atoms with van der Waals surface area (Å²) in [7, 11) is 4.03. The van der Waals surface area contributed by atoms with Crippen LogP contribution in [0.1, 0.15) is 23.0 Å². The lowest BCUT2D eigenvalue weighted by Crippen LogP contribution is -2.63. The van der Waals surface area contributed by atoms with Crippen LogP contribution < -0.4 is 20.8 Å². The Labute approximate surface area is 221 Å². The van der Waals surface area contributed by atoms with Gasteiger partial charge in [-0.15, -0.1) is 12.2 Å². The molecule has 188 valence electrons. The summed E-state index contributed by atoms with van der Waals surface area (Å²) in [4.78, 5) is 2.09. The van der Waals surface area contributed by atoms with E-state index in [9.17, 15) is 10.2 Å². The monoisotopic (exact) mass is 496 g/mol. The molecule has 1 saturated carbocycles. The molecule has 2 atom stereocenters.